The molecule has 0 fully saturated rings. The Hall–Kier alpha value is 0.277. The largest absolute Gasteiger partial charge is 0.303 e. The van der Waals surface area contributed by atoms with Gasteiger partial charge < -0.3 is 0 Å². The molecule has 1 aliphatic rings. The summed E-state index contributed by atoms with van der Waals surface area (Å²) in [5, 5.41) is 2.73. The maximum absolute atomic E-state index is 6.64. The summed E-state index contributed by atoms with van der Waals surface area (Å²) in [5.74, 6) is 0. The van der Waals surface area contributed by atoms with E-state index in [2.05, 4.69) is 27.7 Å². The molecule has 0 aromatic rings. The molecule has 0 radical (unpaired) electrons. The molecule has 0 amide bonds. The second-order valence-corrected chi connectivity index (χ2v) is 10.2. The van der Waals surface area contributed by atoms with Gasteiger partial charge >= 0.3 is 6.69 Å². The zero-order valence-electron chi connectivity index (χ0n) is 10.1. The number of hydrogen-bond acceptors (Lipinski definition) is 0. The first-order chi connectivity index (χ1) is 7.04. The molecule has 0 atom stereocenters. The fourth-order valence-corrected chi connectivity index (χ4v) is 8.29. The highest BCUT2D eigenvalue weighted by molar-refractivity contribution is 7.51. The Bertz CT molecular complexity index is 284. The normalized spacial score (nSPS) is 20.4. The van der Waals surface area contributed by atoms with Crippen LogP contribution in [-0.2, 0) is 0 Å². The molecule has 0 spiro atoms. The summed E-state index contributed by atoms with van der Waals surface area (Å²) in [6.07, 6.45) is 4.17. The van der Waals surface area contributed by atoms with E-state index in [1.54, 1.807) is 0 Å². The molecule has 0 N–H and O–H groups in total. The number of hydrogen-bond donors (Lipinski definition) is 0. The summed E-state index contributed by atoms with van der Waals surface area (Å²) in [7, 11) is 0. The lowest BCUT2D eigenvalue weighted by atomic mass is 9.99. The third-order valence-electron chi connectivity index (χ3n) is 3.27. The highest BCUT2D eigenvalue weighted by Crippen LogP contribution is 2.48. The van der Waals surface area contributed by atoms with Gasteiger partial charge in [-0.25, -0.2) is 0 Å². The fourth-order valence-electron chi connectivity index (χ4n) is 2.65. The van der Waals surface area contributed by atoms with Gasteiger partial charge in [0.05, 0.1) is 0 Å². The molecule has 0 nitrogen and oxygen atoms in total. The van der Waals surface area contributed by atoms with Gasteiger partial charge in [0.15, 0.2) is 0 Å². The predicted molar refractivity (Wildman–Crippen MR) is 72.7 cm³/mol. The van der Waals surface area contributed by atoms with Crippen LogP contribution in [0.15, 0.2) is 21.5 Å². The van der Waals surface area contributed by atoms with Gasteiger partial charge in [-0.3, -0.25) is 0 Å². The Labute approximate surface area is 104 Å². The van der Waals surface area contributed by atoms with E-state index in [1.807, 2.05) is 0 Å². The molecular weight excluding hydrogens is 243 g/mol. The van der Waals surface area contributed by atoms with Crippen LogP contribution in [0.4, 0.5) is 0 Å². The van der Waals surface area contributed by atoms with Crippen LogP contribution < -0.4 is 0 Å². The van der Waals surface area contributed by atoms with Gasteiger partial charge in [-0.05, 0) is 47.2 Å². The van der Waals surface area contributed by atoms with Gasteiger partial charge in [-0.2, -0.15) is 0 Å². The summed E-state index contributed by atoms with van der Waals surface area (Å²) < 4.78 is 0. The van der Waals surface area contributed by atoms with Crippen molar-refractivity contribution in [2.75, 3.05) is 0 Å². The molecule has 3 heteroatoms. The standard InChI is InChI=1S/C12H20Cl2Si/c1-5-9-10(6-2)12(8-4)15(13,14)11(9)7-3/h5-8H2,1-4H3. The zero-order chi connectivity index (χ0) is 11.6. The Morgan fingerprint density at radius 2 is 1.07 bits per heavy atom. The van der Waals surface area contributed by atoms with Crippen molar-refractivity contribution in [2.45, 2.75) is 53.4 Å². The first-order valence-corrected chi connectivity index (χ1v) is 9.89. The molecule has 0 aromatic heterocycles. The second-order valence-electron chi connectivity index (χ2n) is 3.90. The van der Waals surface area contributed by atoms with Crippen molar-refractivity contribution in [3.8, 4) is 0 Å². The van der Waals surface area contributed by atoms with Crippen LogP contribution in [-0.4, -0.2) is 6.69 Å². The lowest BCUT2D eigenvalue weighted by molar-refractivity contribution is 0.985. The van der Waals surface area contributed by atoms with E-state index in [0.717, 1.165) is 25.7 Å². The van der Waals surface area contributed by atoms with Gasteiger partial charge in [-0.1, -0.05) is 27.7 Å². The van der Waals surface area contributed by atoms with Crippen LogP contribution >= 0.6 is 22.2 Å². The minimum atomic E-state index is -2.26. The smallest absolute Gasteiger partial charge is 0.134 e. The maximum Gasteiger partial charge on any atom is 0.303 e. The number of rotatable bonds is 4. The highest BCUT2D eigenvalue weighted by Gasteiger charge is 2.44. The van der Waals surface area contributed by atoms with E-state index in [0.29, 0.717) is 0 Å². The lowest BCUT2D eigenvalue weighted by Gasteiger charge is -2.17. The van der Waals surface area contributed by atoms with Crippen molar-refractivity contribution in [3.05, 3.63) is 21.5 Å². The van der Waals surface area contributed by atoms with Gasteiger partial charge in [0, 0.05) is 0 Å². The molecular formula is C12H20Cl2Si. The van der Waals surface area contributed by atoms with Crippen molar-refractivity contribution >= 4 is 28.9 Å². The van der Waals surface area contributed by atoms with Crippen molar-refractivity contribution in [3.63, 3.8) is 0 Å². The third-order valence-corrected chi connectivity index (χ3v) is 8.83. The Morgan fingerprint density at radius 1 is 0.733 bits per heavy atom. The molecule has 1 heterocycles. The van der Waals surface area contributed by atoms with Crippen LogP contribution in [0.2, 0.25) is 0 Å². The second kappa shape index (κ2) is 5.07. The van der Waals surface area contributed by atoms with Crippen molar-refractivity contribution < 1.29 is 0 Å². The first-order valence-electron chi connectivity index (χ1n) is 5.87. The van der Waals surface area contributed by atoms with Crippen LogP contribution in [0, 0.1) is 0 Å². The molecule has 0 aromatic carbocycles. The summed E-state index contributed by atoms with van der Waals surface area (Å²) in [6, 6.07) is 0. The Balaban J connectivity index is 3.31. The number of allylic oxidation sites excluding steroid dienone is 4. The van der Waals surface area contributed by atoms with Gasteiger partial charge in [0.25, 0.3) is 0 Å². The molecule has 0 saturated carbocycles. The Morgan fingerprint density at radius 3 is 1.27 bits per heavy atom. The van der Waals surface area contributed by atoms with Gasteiger partial charge in [-0.15, -0.1) is 22.2 Å². The van der Waals surface area contributed by atoms with Crippen LogP contribution in [0.25, 0.3) is 0 Å². The summed E-state index contributed by atoms with van der Waals surface area (Å²) in [5.41, 5.74) is 2.93. The van der Waals surface area contributed by atoms with E-state index >= 15 is 0 Å². The SMILES string of the molecule is CCC1=C(CC)[Si](Cl)(Cl)C(CC)=C1CC. The van der Waals surface area contributed by atoms with E-state index < -0.39 is 6.69 Å². The van der Waals surface area contributed by atoms with E-state index in [1.165, 1.54) is 21.5 Å². The topological polar surface area (TPSA) is 0 Å². The van der Waals surface area contributed by atoms with Crippen molar-refractivity contribution in [1.82, 2.24) is 0 Å². The van der Waals surface area contributed by atoms with E-state index in [-0.39, 0.29) is 0 Å². The highest BCUT2D eigenvalue weighted by atomic mass is 35.7. The van der Waals surface area contributed by atoms with Gasteiger partial charge in [0.2, 0.25) is 0 Å². The summed E-state index contributed by atoms with van der Waals surface area (Å²) in [6.45, 7) is 6.49. The molecule has 1 aliphatic heterocycles. The fraction of sp³-hybridized carbons (Fsp3) is 0.667. The van der Waals surface area contributed by atoms with Gasteiger partial charge in [0.1, 0.15) is 0 Å². The Kier molecular flexibility index (Phi) is 4.51. The van der Waals surface area contributed by atoms with Crippen LogP contribution in [0.1, 0.15) is 53.4 Å². The summed E-state index contributed by atoms with van der Waals surface area (Å²) in [4.78, 5) is 0. The zero-order valence-corrected chi connectivity index (χ0v) is 12.6. The minimum absolute atomic E-state index is 1.01. The third kappa shape index (κ3) is 2.07. The van der Waals surface area contributed by atoms with E-state index in [4.69, 9.17) is 22.2 Å². The molecule has 1 rings (SSSR count). The lowest BCUT2D eigenvalue weighted by Crippen LogP contribution is -2.23. The minimum Gasteiger partial charge on any atom is -0.134 e. The summed E-state index contributed by atoms with van der Waals surface area (Å²) >= 11 is 13.3. The quantitative estimate of drug-likeness (QED) is 0.481. The number of halogens is 2. The molecule has 86 valence electrons. The molecule has 0 aliphatic carbocycles. The molecule has 0 unspecified atom stereocenters. The average molecular weight is 263 g/mol. The molecule has 0 saturated heterocycles. The van der Waals surface area contributed by atoms with E-state index in [9.17, 15) is 0 Å². The molecule has 15 heavy (non-hydrogen) atoms. The monoisotopic (exact) mass is 262 g/mol. The molecule has 0 bridgehead atoms. The average Bonchev–Trinajstić information content (AvgIpc) is 2.43. The van der Waals surface area contributed by atoms with Crippen molar-refractivity contribution in [2.24, 2.45) is 0 Å². The maximum atomic E-state index is 6.64. The predicted octanol–water partition coefficient (Wildman–Crippen LogP) is 5.23. The van der Waals surface area contributed by atoms with Crippen LogP contribution in [0.3, 0.4) is 0 Å². The van der Waals surface area contributed by atoms with Crippen molar-refractivity contribution in [1.29, 1.82) is 0 Å². The van der Waals surface area contributed by atoms with Crippen LogP contribution in [0.5, 0.6) is 0 Å². The first kappa shape index (κ1) is 13.3.